The molecule has 30 heavy (non-hydrogen) atoms. The molecule has 0 aliphatic carbocycles. The molecule has 0 amide bonds. The third-order valence-electron chi connectivity index (χ3n) is 3.52. The summed E-state index contributed by atoms with van der Waals surface area (Å²) < 4.78 is 75.3. The van der Waals surface area contributed by atoms with Crippen LogP contribution in [0.2, 0.25) is 0 Å². The van der Waals surface area contributed by atoms with Crippen molar-refractivity contribution in [2.24, 2.45) is 0 Å². The first-order valence-electron chi connectivity index (χ1n) is 7.45. The Hall–Kier alpha value is -3.53. The van der Waals surface area contributed by atoms with Crippen molar-refractivity contribution in [3.8, 4) is 40.1 Å². The molecule has 0 unspecified atom stereocenters. The number of aromatic hydroxyl groups is 3. The van der Waals surface area contributed by atoms with Gasteiger partial charge in [0.15, 0.2) is 17.3 Å². The Labute approximate surface area is 166 Å². The van der Waals surface area contributed by atoms with E-state index < -0.39 is 71.7 Å². The maximum Gasteiger partial charge on any atom is 0.446 e. The molecule has 160 valence electrons. The largest absolute Gasteiger partial charge is 0.508 e. The molecular weight excluding hydrogens is 452 g/mol. The topological polar surface area (TPSA) is 218 Å². The molecule has 0 aliphatic rings. The Morgan fingerprint density at radius 1 is 0.833 bits per heavy atom. The molecule has 1 heterocycles. The van der Waals surface area contributed by atoms with Crippen LogP contribution >= 0.6 is 0 Å². The van der Waals surface area contributed by atoms with E-state index in [1.807, 2.05) is 0 Å². The minimum Gasteiger partial charge on any atom is -0.508 e. The standard InChI is InChI=1S/C15H10O13S2/c16-7-4-9(18)12-11(5-7)26-14(15(13(12)19)28-30(23,24)25)6-1-2-10(8(17)3-6)27-29(20,21)22/h1-5,16-18H,(H,20,21,22)(H,23,24,25). The summed E-state index contributed by atoms with van der Waals surface area (Å²) in [5, 5.41) is 28.8. The van der Waals surface area contributed by atoms with E-state index in [1.165, 1.54) is 0 Å². The first-order valence-corrected chi connectivity index (χ1v) is 10.2. The van der Waals surface area contributed by atoms with E-state index >= 15 is 0 Å². The number of hydrogen-bond acceptors (Lipinski definition) is 11. The van der Waals surface area contributed by atoms with Gasteiger partial charge in [-0.1, -0.05) is 0 Å². The first kappa shape index (κ1) is 21.2. The molecule has 0 saturated heterocycles. The molecule has 3 rings (SSSR count). The molecule has 2 aromatic carbocycles. The summed E-state index contributed by atoms with van der Waals surface area (Å²) >= 11 is 0. The SMILES string of the molecule is O=c1c(OS(=O)(=O)O)c(-c2ccc(OS(=O)(=O)O)c(O)c2)oc2cc(O)cc(O)c12. The van der Waals surface area contributed by atoms with Gasteiger partial charge < -0.3 is 28.1 Å². The highest BCUT2D eigenvalue weighted by atomic mass is 32.3. The predicted molar refractivity (Wildman–Crippen MR) is 97.3 cm³/mol. The molecule has 15 heteroatoms. The highest BCUT2D eigenvalue weighted by Gasteiger charge is 2.25. The number of rotatable bonds is 5. The zero-order valence-corrected chi connectivity index (χ0v) is 15.8. The summed E-state index contributed by atoms with van der Waals surface area (Å²) in [5.74, 6) is -4.72. The van der Waals surface area contributed by atoms with Gasteiger partial charge in [0, 0.05) is 17.7 Å². The van der Waals surface area contributed by atoms with E-state index in [4.69, 9.17) is 13.5 Å². The third kappa shape index (κ3) is 4.38. The van der Waals surface area contributed by atoms with Crippen LogP contribution in [0.25, 0.3) is 22.3 Å². The van der Waals surface area contributed by atoms with Gasteiger partial charge in [0.1, 0.15) is 22.5 Å². The van der Waals surface area contributed by atoms with Gasteiger partial charge in [-0.15, -0.1) is 0 Å². The van der Waals surface area contributed by atoms with Crippen molar-refractivity contribution in [2.75, 3.05) is 0 Å². The van der Waals surface area contributed by atoms with Crippen molar-refractivity contribution >= 4 is 31.8 Å². The molecule has 13 nitrogen and oxygen atoms in total. The van der Waals surface area contributed by atoms with Gasteiger partial charge in [-0.25, -0.2) is 0 Å². The second kappa shape index (κ2) is 7.06. The maximum atomic E-state index is 12.7. The van der Waals surface area contributed by atoms with E-state index in [2.05, 4.69) is 8.37 Å². The van der Waals surface area contributed by atoms with Crippen LogP contribution < -0.4 is 13.8 Å². The van der Waals surface area contributed by atoms with Crippen LogP contribution in [0.15, 0.2) is 39.5 Å². The quantitative estimate of drug-likeness (QED) is 0.334. The second-order valence-corrected chi connectivity index (χ2v) is 7.68. The van der Waals surface area contributed by atoms with Gasteiger partial charge in [-0.05, 0) is 18.2 Å². The Kier molecular flexibility index (Phi) is 4.99. The molecule has 0 bridgehead atoms. The number of hydrogen-bond donors (Lipinski definition) is 5. The van der Waals surface area contributed by atoms with Crippen molar-refractivity contribution in [2.45, 2.75) is 0 Å². The molecule has 0 saturated carbocycles. The van der Waals surface area contributed by atoms with E-state index in [9.17, 15) is 36.9 Å². The Morgan fingerprint density at radius 3 is 2.03 bits per heavy atom. The van der Waals surface area contributed by atoms with Gasteiger partial charge >= 0.3 is 20.8 Å². The minimum absolute atomic E-state index is 0.282. The van der Waals surface area contributed by atoms with Gasteiger partial charge in [0.2, 0.25) is 11.2 Å². The Morgan fingerprint density at radius 2 is 1.47 bits per heavy atom. The molecule has 0 atom stereocenters. The van der Waals surface area contributed by atoms with Crippen LogP contribution in [-0.4, -0.2) is 41.3 Å². The Bertz CT molecular complexity index is 1440. The second-order valence-electron chi connectivity index (χ2n) is 5.63. The summed E-state index contributed by atoms with van der Waals surface area (Å²) in [7, 11) is -10.2. The minimum atomic E-state index is -5.25. The van der Waals surface area contributed by atoms with Crippen LogP contribution in [0.5, 0.6) is 28.7 Å². The first-order chi connectivity index (χ1) is 13.7. The lowest BCUT2D eigenvalue weighted by Gasteiger charge is -2.11. The number of phenolic OH excluding ortho intramolecular Hbond substituents is 3. The monoisotopic (exact) mass is 462 g/mol. The lowest BCUT2D eigenvalue weighted by Crippen LogP contribution is -2.15. The van der Waals surface area contributed by atoms with Crippen LogP contribution in [0.4, 0.5) is 0 Å². The number of benzene rings is 2. The highest BCUT2D eigenvalue weighted by molar-refractivity contribution is 7.81. The van der Waals surface area contributed by atoms with Crippen molar-refractivity contribution in [3.05, 3.63) is 40.6 Å². The summed E-state index contributed by atoms with van der Waals surface area (Å²) in [6.07, 6.45) is 0. The maximum absolute atomic E-state index is 12.7. The lowest BCUT2D eigenvalue weighted by molar-refractivity contribution is 0.370. The summed E-state index contributed by atoms with van der Waals surface area (Å²) in [6.45, 7) is 0. The van der Waals surface area contributed by atoms with Gasteiger partial charge in [-0.3, -0.25) is 13.9 Å². The molecule has 0 aliphatic heterocycles. The summed E-state index contributed by atoms with van der Waals surface area (Å²) in [5.41, 5.74) is -1.97. The van der Waals surface area contributed by atoms with Crippen molar-refractivity contribution in [1.29, 1.82) is 0 Å². The van der Waals surface area contributed by atoms with E-state index in [0.29, 0.717) is 0 Å². The van der Waals surface area contributed by atoms with E-state index in [1.54, 1.807) is 0 Å². The molecular formula is C15H10O13S2. The smallest absolute Gasteiger partial charge is 0.446 e. The van der Waals surface area contributed by atoms with E-state index in [0.717, 1.165) is 30.3 Å². The molecule has 0 radical (unpaired) electrons. The molecule has 3 aromatic rings. The zero-order chi connectivity index (χ0) is 22.4. The zero-order valence-electron chi connectivity index (χ0n) is 14.2. The normalized spacial score (nSPS) is 12.1. The molecule has 1 aromatic heterocycles. The van der Waals surface area contributed by atoms with Crippen molar-refractivity contribution in [3.63, 3.8) is 0 Å². The highest BCUT2D eigenvalue weighted by Crippen LogP contribution is 2.39. The fourth-order valence-corrected chi connectivity index (χ4v) is 3.21. The van der Waals surface area contributed by atoms with Gasteiger partial charge in [0.25, 0.3) is 0 Å². The summed E-state index contributed by atoms with van der Waals surface area (Å²) in [4.78, 5) is 12.7. The van der Waals surface area contributed by atoms with Gasteiger partial charge in [-0.2, -0.15) is 16.8 Å². The predicted octanol–water partition coefficient (Wildman–Crippen LogP) is 0.940. The average Bonchev–Trinajstić information content (AvgIpc) is 2.56. The lowest BCUT2D eigenvalue weighted by atomic mass is 10.1. The fourth-order valence-electron chi connectivity index (χ4n) is 2.48. The number of phenols is 3. The van der Waals surface area contributed by atoms with E-state index in [-0.39, 0.29) is 5.56 Å². The van der Waals surface area contributed by atoms with Crippen molar-refractivity contribution < 1.29 is 54.0 Å². The van der Waals surface area contributed by atoms with Crippen molar-refractivity contribution in [1.82, 2.24) is 0 Å². The van der Waals surface area contributed by atoms with Crippen LogP contribution in [0.1, 0.15) is 0 Å². The Balaban J connectivity index is 2.33. The number of fused-ring (bicyclic) bond motifs is 1. The fraction of sp³-hybridized carbons (Fsp3) is 0. The molecule has 0 fully saturated rings. The molecule has 0 spiro atoms. The van der Waals surface area contributed by atoms with Gasteiger partial charge in [0.05, 0.1) is 0 Å². The van der Waals surface area contributed by atoms with Crippen LogP contribution in [0.3, 0.4) is 0 Å². The van der Waals surface area contributed by atoms with Crippen LogP contribution in [-0.2, 0) is 20.8 Å². The summed E-state index contributed by atoms with van der Waals surface area (Å²) in [6, 6.07) is 4.23. The third-order valence-corrected chi connectivity index (χ3v) is 4.29. The average molecular weight is 462 g/mol. The van der Waals surface area contributed by atoms with Crippen LogP contribution in [0, 0.1) is 0 Å². The molecule has 5 N–H and O–H groups in total.